The second-order valence-electron chi connectivity index (χ2n) is 8.53. The predicted molar refractivity (Wildman–Crippen MR) is 120 cm³/mol. The van der Waals surface area contributed by atoms with Crippen molar-refractivity contribution in [2.45, 2.75) is 50.7 Å². The molecule has 0 radical (unpaired) electrons. The first-order valence-electron chi connectivity index (χ1n) is 11.1. The molecule has 1 N–H and O–H groups in total. The fraction of sp³-hybridized carbons (Fsp3) is 0.333. The number of fused-ring (bicyclic) bond motifs is 3. The first-order chi connectivity index (χ1) is 16.0. The van der Waals surface area contributed by atoms with Crippen LogP contribution in [0, 0.1) is 5.82 Å². The summed E-state index contributed by atoms with van der Waals surface area (Å²) in [5.74, 6) is -1.02. The molecule has 0 saturated heterocycles. The van der Waals surface area contributed by atoms with Crippen LogP contribution in [-0.4, -0.2) is 37.7 Å². The lowest BCUT2D eigenvalue weighted by molar-refractivity contribution is -0.127. The monoisotopic (exact) mass is 467 g/mol. The number of halogens is 2. The molecule has 33 heavy (non-hydrogen) atoms. The molecule has 0 bridgehead atoms. The lowest BCUT2D eigenvalue weighted by Gasteiger charge is -2.32. The average Bonchev–Trinajstić information content (AvgIpc) is 3.24. The van der Waals surface area contributed by atoms with Crippen molar-refractivity contribution in [2.24, 2.45) is 0 Å². The number of amides is 2. The van der Waals surface area contributed by atoms with E-state index in [-0.39, 0.29) is 24.4 Å². The molecule has 1 saturated carbocycles. The van der Waals surface area contributed by atoms with E-state index in [0.717, 1.165) is 32.1 Å². The van der Waals surface area contributed by atoms with E-state index in [0.29, 0.717) is 27.5 Å². The van der Waals surface area contributed by atoms with E-state index < -0.39 is 11.9 Å². The van der Waals surface area contributed by atoms with Crippen LogP contribution in [0.15, 0.2) is 48.7 Å². The van der Waals surface area contributed by atoms with Gasteiger partial charge in [-0.05, 0) is 48.7 Å². The van der Waals surface area contributed by atoms with E-state index >= 15 is 0 Å². The molecule has 9 heteroatoms. The standard InChI is InChI=1S/C24H23ClFN5O2/c25-16-8-11-20-21(12-16)31-19(13-27-29-31)14-30(24(20)33)22(15-6-9-17(26)10-7-15)23(32)28-18-4-2-1-3-5-18/h6-13,18,22H,1-5,14H2,(H,28,32). The van der Waals surface area contributed by atoms with Crippen LogP contribution in [0.1, 0.15) is 59.8 Å². The van der Waals surface area contributed by atoms with Crippen LogP contribution in [-0.2, 0) is 11.3 Å². The van der Waals surface area contributed by atoms with Crippen LogP contribution in [0.3, 0.4) is 0 Å². The molecule has 5 rings (SSSR count). The molecule has 1 aliphatic heterocycles. The molecule has 2 heterocycles. The lowest BCUT2D eigenvalue weighted by Crippen LogP contribution is -2.46. The summed E-state index contributed by atoms with van der Waals surface area (Å²) in [6.07, 6.45) is 6.68. The Labute approximate surface area is 195 Å². The fourth-order valence-corrected chi connectivity index (χ4v) is 4.85. The van der Waals surface area contributed by atoms with Gasteiger partial charge in [0, 0.05) is 11.1 Å². The lowest BCUT2D eigenvalue weighted by atomic mass is 9.94. The Morgan fingerprint density at radius 1 is 1.12 bits per heavy atom. The summed E-state index contributed by atoms with van der Waals surface area (Å²) in [4.78, 5) is 28.9. The smallest absolute Gasteiger partial charge is 0.257 e. The summed E-state index contributed by atoms with van der Waals surface area (Å²) in [5, 5.41) is 11.7. The molecule has 1 unspecified atom stereocenters. The first kappa shape index (κ1) is 21.6. The Morgan fingerprint density at radius 2 is 1.88 bits per heavy atom. The highest BCUT2D eigenvalue weighted by Crippen LogP contribution is 2.32. The van der Waals surface area contributed by atoms with Crippen LogP contribution < -0.4 is 5.32 Å². The molecule has 2 aliphatic rings. The topological polar surface area (TPSA) is 80.1 Å². The van der Waals surface area contributed by atoms with E-state index in [9.17, 15) is 14.0 Å². The van der Waals surface area contributed by atoms with Crippen molar-refractivity contribution < 1.29 is 14.0 Å². The van der Waals surface area contributed by atoms with Gasteiger partial charge in [0.05, 0.1) is 29.7 Å². The Balaban J connectivity index is 1.58. The van der Waals surface area contributed by atoms with Gasteiger partial charge in [-0.2, -0.15) is 0 Å². The number of nitrogens with one attached hydrogen (secondary N) is 1. The molecule has 0 spiro atoms. The normalized spacial score (nSPS) is 17.2. The zero-order valence-electron chi connectivity index (χ0n) is 17.9. The average molecular weight is 468 g/mol. The van der Waals surface area contributed by atoms with Crippen molar-refractivity contribution in [3.05, 3.63) is 76.3 Å². The number of aromatic nitrogens is 3. The van der Waals surface area contributed by atoms with Gasteiger partial charge >= 0.3 is 0 Å². The molecule has 2 amide bonds. The highest BCUT2D eigenvalue weighted by Gasteiger charge is 2.37. The summed E-state index contributed by atoms with van der Waals surface area (Å²) in [7, 11) is 0. The quantitative estimate of drug-likeness (QED) is 0.623. The number of benzene rings is 2. The second-order valence-corrected chi connectivity index (χ2v) is 8.97. The third kappa shape index (κ3) is 4.23. The van der Waals surface area contributed by atoms with E-state index in [1.807, 2.05) is 0 Å². The van der Waals surface area contributed by atoms with Crippen LogP contribution in [0.2, 0.25) is 5.02 Å². The molecule has 1 aromatic heterocycles. The number of nitrogens with zero attached hydrogens (tertiary/aromatic N) is 4. The Morgan fingerprint density at radius 3 is 2.64 bits per heavy atom. The minimum Gasteiger partial charge on any atom is -0.351 e. The maximum absolute atomic E-state index is 13.8. The van der Waals surface area contributed by atoms with Gasteiger partial charge in [-0.3, -0.25) is 9.59 Å². The van der Waals surface area contributed by atoms with Crippen LogP contribution >= 0.6 is 11.6 Å². The summed E-state index contributed by atoms with van der Waals surface area (Å²) in [6, 6.07) is 9.76. The summed E-state index contributed by atoms with van der Waals surface area (Å²) in [5.41, 5.74) is 2.05. The maximum atomic E-state index is 13.8. The number of rotatable bonds is 4. The molecular formula is C24H23ClFN5O2. The van der Waals surface area contributed by atoms with Crippen molar-refractivity contribution in [2.75, 3.05) is 0 Å². The molecule has 3 aromatic rings. The van der Waals surface area contributed by atoms with E-state index in [1.165, 1.54) is 17.0 Å². The van der Waals surface area contributed by atoms with E-state index in [1.54, 1.807) is 41.2 Å². The van der Waals surface area contributed by atoms with Crippen molar-refractivity contribution in [3.8, 4) is 5.69 Å². The fourth-order valence-electron chi connectivity index (χ4n) is 4.68. The second kappa shape index (κ2) is 8.94. The van der Waals surface area contributed by atoms with Gasteiger partial charge in [0.15, 0.2) is 0 Å². The molecule has 1 atom stereocenters. The van der Waals surface area contributed by atoms with Crippen molar-refractivity contribution >= 4 is 23.4 Å². The van der Waals surface area contributed by atoms with Gasteiger partial charge in [0.2, 0.25) is 5.91 Å². The highest BCUT2D eigenvalue weighted by molar-refractivity contribution is 6.31. The minimum absolute atomic E-state index is 0.0644. The van der Waals surface area contributed by atoms with Crippen molar-refractivity contribution in [1.82, 2.24) is 25.2 Å². The highest BCUT2D eigenvalue weighted by atomic mass is 35.5. The van der Waals surface area contributed by atoms with E-state index in [4.69, 9.17) is 11.6 Å². The van der Waals surface area contributed by atoms with Crippen LogP contribution in [0.4, 0.5) is 4.39 Å². The summed E-state index contributed by atoms with van der Waals surface area (Å²) < 4.78 is 15.3. The third-order valence-electron chi connectivity index (χ3n) is 6.33. The SMILES string of the molecule is O=C(NC1CCCCC1)C(c1ccc(F)cc1)N1Cc2cnnn2-c2cc(Cl)ccc2C1=O. The maximum Gasteiger partial charge on any atom is 0.257 e. The van der Waals surface area contributed by atoms with Crippen LogP contribution in [0.25, 0.3) is 5.69 Å². The largest absolute Gasteiger partial charge is 0.351 e. The molecule has 2 aromatic carbocycles. The number of carbonyl (C=O) groups excluding carboxylic acids is 2. The minimum atomic E-state index is -0.940. The summed E-state index contributed by atoms with van der Waals surface area (Å²) in [6.45, 7) is 0.109. The van der Waals surface area contributed by atoms with E-state index in [2.05, 4.69) is 15.6 Å². The zero-order valence-corrected chi connectivity index (χ0v) is 18.6. The van der Waals surface area contributed by atoms with Gasteiger partial charge in [0.25, 0.3) is 5.91 Å². The molecule has 170 valence electrons. The van der Waals surface area contributed by atoms with Gasteiger partial charge < -0.3 is 10.2 Å². The molecule has 7 nitrogen and oxygen atoms in total. The number of carbonyl (C=O) groups is 2. The Hall–Kier alpha value is -3.26. The van der Waals surface area contributed by atoms with Crippen molar-refractivity contribution in [1.29, 1.82) is 0 Å². The summed E-state index contributed by atoms with van der Waals surface area (Å²) >= 11 is 6.19. The zero-order chi connectivity index (χ0) is 22.9. The number of hydrogen-bond donors (Lipinski definition) is 1. The molecule has 1 aliphatic carbocycles. The van der Waals surface area contributed by atoms with Crippen molar-refractivity contribution in [3.63, 3.8) is 0 Å². The van der Waals surface area contributed by atoms with Gasteiger partial charge in [-0.1, -0.05) is 48.2 Å². The first-order valence-corrected chi connectivity index (χ1v) is 11.5. The Bertz CT molecular complexity index is 1190. The third-order valence-corrected chi connectivity index (χ3v) is 6.56. The number of hydrogen-bond acceptors (Lipinski definition) is 4. The van der Waals surface area contributed by atoms with Gasteiger partial charge in [0.1, 0.15) is 11.9 Å². The molecule has 1 fully saturated rings. The van der Waals surface area contributed by atoms with Crippen LogP contribution in [0.5, 0.6) is 0 Å². The Kier molecular flexibility index (Phi) is 5.85. The van der Waals surface area contributed by atoms with Gasteiger partial charge in [-0.15, -0.1) is 5.10 Å². The van der Waals surface area contributed by atoms with Gasteiger partial charge in [-0.25, -0.2) is 9.07 Å². The molecular weight excluding hydrogens is 445 g/mol. The predicted octanol–water partition coefficient (Wildman–Crippen LogP) is 4.21.